The number of carbonyl (C=O) groups excluding carboxylic acids is 6. The molecule has 0 radical (unpaired) electrons. The highest BCUT2D eigenvalue weighted by atomic mass is 19.4. The van der Waals surface area contributed by atoms with E-state index in [4.69, 9.17) is 15.3 Å². The van der Waals surface area contributed by atoms with E-state index >= 15 is 0 Å². The fourth-order valence-electron chi connectivity index (χ4n) is 12.9. The van der Waals surface area contributed by atoms with Gasteiger partial charge < -0.3 is 44.7 Å². The number of aliphatic hydroxyl groups is 3. The van der Waals surface area contributed by atoms with Crippen molar-refractivity contribution in [2.45, 2.75) is 76.0 Å². The summed E-state index contributed by atoms with van der Waals surface area (Å²) in [5.41, 5.74) is -3.47. The average Bonchev–Trinajstić information content (AvgIpc) is 1.66. The van der Waals surface area contributed by atoms with Crippen LogP contribution in [0.1, 0.15) is 103 Å². The topological polar surface area (TPSA) is 367 Å². The molecule has 6 amide bonds. The molecule has 0 bridgehead atoms. The van der Waals surface area contributed by atoms with Gasteiger partial charge in [0.2, 0.25) is 0 Å². The Morgan fingerprint density at radius 3 is 0.966 bits per heavy atom. The molecule has 3 N–H and O–H groups in total. The number of pyridine rings is 6. The van der Waals surface area contributed by atoms with Crippen molar-refractivity contribution in [3.63, 3.8) is 0 Å². The normalized spacial score (nSPS) is 11.6. The number of hydrogen-bond acceptors (Lipinski definition) is 21. The van der Waals surface area contributed by atoms with E-state index in [0.717, 1.165) is 49.9 Å². The third-order valence-electron chi connectivity index (χ3n) is 19.7. The average molecular weight is 2090 g/mol. The van der Waals surface area contributed by atoms with Gasteiger partial charge in [0, 0.05) is 120 Å². The lowest BCUT2D eigenvalue weighted by Crippen LogP contribution is -2.23. The minimum Gasteiger partial charge on any atom is -0.394 e. The van der Waals surface area contributed by atoms with Crippen molar-refractivity contribution in [1.29, 1.82) is 0 Å². The van der Waals surface area contributed by atoms with Crippen LogP contribution in [0, 0.1) is 0 Å². The maximum Gasteiger partial charge on any atom is 0.435 e. The molecule has 33 nitrogen and oxygen atoms in total. The number of amides is 6. The van der Waals surface area contributed by atoms with Crippen molar-refractivity contribution in [1.82, 2.24) is 118 Å². The number of hydrogen-bond donors (Lipinski definition) is 3. The second-order valence-electron chi connectivity index (χ2n) is 32.2. The predicted molar refractivity (Wildman–Crippen MR) is 485 cm³/mol. The molecule has 12 aromatic heterocycles. The summed E-state index contributed by atoms with van der Waals surface area (Å²) in [6.45, 7) is -3.22. The quantitative estimate of drug-likeness (QED) is 0.0531. The van der Waals surface area contributed by atoms with Gasteiger partial charge in [-0.1, -0.05) is 66.7 Å². The number of carbonyl (C=O) groups is 6. The van der Waals surface area contributed by atoms with Gasteiger partial charge in [0.1, 0.15) is 57.8 Å². The SMILES string of the molecule is CN(C)C(=O)c1cc(-c2cc(C(F)(F)F)n(CCO)n2)ccn1.CN(C)C(=O)c1cc(-c2cc(C(F)(F)F)nn2CCO)ccn1.CN(C)C(=O)c1cc(-c2cc(C(F)(F)F)nn2Cc2ccccc2)ccn1.CN(C)C(=O)c1cccc(-c2cc(C(F)(F)F)n(-c3ccccc3)n2)n1.CN(C)C(=O)c1cccc(-c2cc(C(F)(F)F)nn2CC(F)(F)F)n1.CN(C)C(=O)c1cccc(-c2cc(C(F)(F)F)nn2CCO)n1. The van der Waals surface area contributed by atoms with E-state index in [0.29, 0.717) is 27.4 Å². The molecule has 0 unspecified atom stereocenters. The van der Waals surface area contributed by atoms with Gasteiger partial charge in [-0.05, 0) is 127 Å². The second kappa shape index (κ2) is 48.0. The fraction of sp³-hybridized carbons (Fsp3) is 0.290. The van der Waals surface area contributed by atoms with Crippen molar-refractivity contribution in [2.24, 2.45) is 0 Å². The number of rotatable bonds is 22. The highest BCUT2D eigenvalue weighted by molar-refractivity contribution is 5.96. The summed E-state index contributed by atoms with van der Waals surface area (Å²) in [4.78, 5) is 104. The van der Waals surface area contributed by atoms with Gasteiger partial charge in [0.25, 0.3) is 35.4 Å². The Bertz CT molecular complexity index is 6760. The molecule has 0 aliphatic heterocycles. The summed E-state index contributed by atoms with van der Waals surface area (Å²) in [6, 6.07) is 43.8. The van der Waals surface area contributed by atoms with Crippen LogP contribution in [-0.2, 0) is 69.8 Å². The zero-order valence-electron chi connectivity index (χ0n) is 79.2. The van der Waals surface area contributed by atoms with Crippen LogP contribution < -0.4 is 0 Å². The first-order chi connectivity index (χ1) is 68.6. The second-order valence-corrected chi connectivity index (χ2v) is 32.2. The first-order valence-corrected chi connectivity index (χ1v) is 42.6. The Hall–Kier alpha value is -16.2. The fourth-order valence-corrected chi connectivity index (χ4v) is 12.9. The van der Waals surface area contributed by atoms with Gasteiger partial charge in [-0.15, -0.1) is 0 Å². The summed E-state index contributed by atoms with van der Waals surface area (Å²) in [6.07, 6.45) is -28.5. The summed E-state index contributed by atoms with van der Waals surface area (Å²) >= 11 is 0. The van der Waals surface area contributed by atoms with Crippen LogP contribution in [0.5, 0.6) is 0 Å². The lowest BCUT2D eigenvalue weighted by Gasteiger charge is -2.12. The monoisotopic (exact) mass is 2080 g/mol. The predicted octanol–water partition coefficient (Wildman–Crippen LogP) is 15.6. The molecule has 54 heteroatoms. The van der Waals surface area contributed by atoms with Gasteiger partial charge in [-0.3, -0.25) is 67.1 Å². The van der Waals surface area contributed by atoms with E-state index in [1.54, 1.807) is 101 Å². The Kier molecular flexibility index (Phi) is 37.4. The molecule has 147 heavy (non-hydrogen) atoms. The van der Waals surface area contributed by atoms with Crippen molar-refractivity contribution < 1.29 is 136 Å². The largest absolute Gasteiger partial charge is 0.435 e. The third kappa shape index (κ3) is 30.9. The standard InChI is InChI=1S/C19H17F3N4O.C18H15F3N4O.C14H12F6N4O.3C14H15F3N4O2/c1-25(2)18(27)15-10-14(8-9-23-15)16-11-17(19(20,21)22)24-26(16)12-13-6-4-3-5-7-13;1-24(2)17(26)14-10-6-9-13(22-14)15-11-16(18(19,20)21)25(23-15)12-7-4-3-5-8-12;1-23(2)12(25)9-5-3-4-8(21-9)10-6-11(14(18,19)20)22-24(10)7-13(15,16)17;1-20(2)13(23)11-7-9(3-4-18-11)10-8-12(14(15,16)17)21(19-10)5-6-22;1-20(2)13(23)10-7-9(3-4-18-10)11-8-12(14(15,16)17)19-21(11)5-6-22;1-20(2)13(23)10-5-3-4-9(18-10)11-8-12(14(15,16)17)19-21(11)6-7-22/h3-11H,12H2,1-2H3;3-11H,1-2H3;3-6H,7H2,1-2H3;2*3-4,7-8,22H,5-6H2,1-2H3;3-5,8,22H,6-7H2,1-2H3. The van der Waals surface area contributed by atoms with Crippen LogP contribution in [-0.4, -0.2) is 279 Å². The van der Waals surface area contributed by atoms with Crippen molar-refractivity contribution >= 4 is 35.4 Å². The number of nitrogens with zero attached hydrogens (tertiary/aromatic N) is 24. The molecule has 0 atom stereocenters. The molecule has 12 heterocycles. The number of aliphatic hydroxyl groups excluding tert-OH is 3. The lowest BCUT2D eigenvalue weighted by atomic mass is 10.1. The van der Waals surface area contributed by atoms with Gasteiger partial charge >= 0.3 is 43.2 Å². The minimum atomic E-state index is -4.91. The van der Waals surface area contributed by atoms with Crippen LogP contribution in [0.3, 0.4) is 0 Å². The minimum absolute atomic E-state index is 0.0367. The first-order valence-electron chi connectivity index (χ1n) is 42.6. The number of para-hydroxylation sites is 1. The third-order valence-corrected chi connectivity index (χ3v) is 19.7. The van der Waals surface area contributed by atoms with Gasteiger partial charge in [0.15, 0.2) is 22.8 Å². The Morgan fingerprint density at radius 1 is 0.279 bits per heavy atom. The number of benzene rings is 2. The van der Waals surface area contributed by atoms with Gasteiger partial charge in [0.05, 0.1) is 97.2 Å². The molecular formula is C93H89F21N24O9. The van der Waals surface area contributed by atoms with Crippen molar-refractivity contribution in [3.8, 4) is 73.6 Å². The van der Waals surface area contributed by atoms with Crippen LogP contribution in [0.4, 0.5) is 92.2 Å². The summed E-state index contributed by atoms with van der Waals surface area (Å²) in [7, 11) is 18.5. The Labute approximate surface area is 821 Å². The summed E-state index contributed by atoms with van der Waals surface area (Å²) in [5.74, 6) is -2.31. The highest BCUT2D eigenvalue weighted by Crippen LogP contribution is 2.40. The molecule has 2 aromatic carbocycles. The zero-order valence-corrected chi connectivity index (χ0v) is 79.2. The molecule has 0 spiro atoms. The van der Waals surface area contributed by atoms with Gasteiger partial charge in [-0.25, -0.2) is 19.6 Å². The van der Waals surface area contributed by atoms with E-state index in [-0.39, 0.29) is 159 Å². The summed E-state index contributed by atoms with van der Waals surface area (Å²) < 4.78 is 277. The van der Waals surface area contributed by atoms with Crippen LogP contribution in [0.15, 0.2) is 207 Å². The maximum atomic E-state index is 13.4. The van der Waals surface area contributed by atoms with Crippen LogP contribution in [0.2, 0.25) is 0 Å². The van der Waals surface area contributed by atoms with Crippen molar-refractivity contribution in [2.75, 3.05) is 104 Å². The molecule has 782 valence electrons. The Morgan fingerprint density at radius 2 is 0.592 bits per heavy atom. The molecule has 0 fully saturated rings. The molecule has 14 rings (SSSR count). The molecule has 0 saturated carbocycles. The van der Waals surface area contributed by atoms with E-state index < -0.39 is 102 Å². The Balaban J connectivity index is 0.000000196. The smallest absolute Gasteiger partial charge is 0.394 e. The van der Waals surface area contributed by atoms with E-state index in [9.17, 15) is 121 Å². The number of aromatic nitrogens is 18. The van der Waals surface area contributed by atoms with Crippen LogP contribution in [0.25, 0.3) is 73.6 Å². The molecule has 0 aliphatic rings. The van der Waals surface area contributed by atoms with Gasteiger partial charge in [-0.2, -0.15) is 123 Å². The number of halogens is 21. The van der Waals surface area contributed by atoms with Crippen molar-refractivity contribution in [3.05, 3.63) is 281 Å². The molecular weight excluding hydrogens is 2000 g/mol. The zero-order chi connectivity index (χ0) is 109. The van der Waals surface area contributed by atoms with Crippen LogP contribution >= 0.6 is 0 Å². The van der Waals surface area contributed by atoms with E-state index in [1.165, 1.54) is 158 Å². The van der Waals surface area contributed by atoms with E-state index in [2.05, 4.69) is 60.5 Å². The maximum absolute atomic E-state index is 13.4. The summed E-state index contributed by atoms with van der Waals surface area (Å²) in [5, 5.41) is 48.5. The highest BCUT2D eigenvalue weighted by Gasteiger charge is 2.43. The lowest BCUT2D eigenvalue weighted by molar-refractivity contribution is -0.148. The molecule has 0 aliphatic carbocycles. The van der Waals surface area contributed by atoms with E-state index in [1.807, 2.05) is 30.3 Å². The first kappa shape index (κ1) is 114. The molecule has 14 aromatic rings. The molecule has 0 saturated heterocycles. The number of alkyl halides is 21.